The maximum Gasteiger partial charge on any atom is 0.378 e. The summed E-state index contributed by atoms with van der Waals surface area (Å²) in [6.45, 7) is 1.25. The van der Waals surface area contributed by atoms with Crippen molar-refractivity contribution in [3.05, 3.63) is 22.7 Å². The van der Waals surface area contributed by atoms with Crippen molar-refractivity contribution in [1.82, 2.24) is 19.6 Å². The molecule has 0 aliphatic rings. The molecule has 0 aliphatic carbocycles. The van der Waals surface area contributed by atoms with Gasteiger partial charge in [0.25, 0.3) is 11.6 Å². The summed E-state index contributed by atoms with van der Waals surface area (Å²) in [4.78, 5) is 30.0. The topological polar surface area (TPSA) is 95.7 Å². The number of aromatic nitrogens is 4. The van der Waals surface area contributed by atoms with E-state index in [0.29, 0.717) is 5.69 Å². The van der Waals surface area contributed by atoms with E-state index in [1.165, 1.54) is 24.6 Å². The molecule has 0 saturated heterocycles. The van der Waals surface area contributed by atoms with Crippen molar-refractivity contribution >= 4 is 29.3 Å². The van der Waals surface area contributed by atoms with Gasteiger partial charge in [0.2, 0.25) is 0 Å². The van der Waals surface area contributed by atoms with Crippen molar-refractivity contribution in [2.75, 3.05) is 7.11 Å². The van der Waals surface area contributed by atoms with E-state index >= 15 is 0 Å². The molecule has 0 aliphatic heterocycles. The molecule has 0 saturated carbocycles. The first-order valence-corrected chi connectivity index (χ1v) is 5.53. The average Bonchev–Trinajstić information content (AvgIpc) is 2.80. The molecule has 0 N–H and O–H groups in total. The van der Waals surface area contributed by atoms with Gasteiger partial charge in [-0.2, -0.15) is 9.50 Å². The Morgan fingerprint density at radius 3 is 2.79 bits per heavy atom. The van der Waals surface area contributed by atoms with Crippen molar-refractivity contribution in [2.24, 2.45) is 0 Å². The summed E-state index contributed by atoms with van der Waals surface area (Å²) < 4.78 is 10.5. The van der Waals surface area contributed by atoms with Crippen LogP contribution >= 0.6 is 11.6 Å². The van der Waals surface area contributed by atoms with Crippen molar-refractivity contribution < 1.29 is 19.1 Å². The van der Waals surface area contributed by atoms with Crippen molar-refractivity contribution in [2.45, 2.75) is 13.5 Å². The highest BCUT2D eigenvalue weighted by molar-refractivity contribution is 6.29. The number of halogens is 1. The molecular formula is C10H9ClN4O4. The van der Waals surface area contributed by atoms with E-state index < -0.39 is 11.9 Å². The first kappa shape index (κ1) is 13.2. The van der Waals surface area contributed by atoms with E-state index in [9.17, 15) is 9.59 Å². The molecule has 19 heavy (non-hydrogen) atoms. The molecule has 0 aromatic carbocycles. The van der Waals surface area contributed by atoms with Gasteiger partial charge in [0.1, 0.15) is 11.8 Å². The summed E-state index contributed by atoms with van der Waals surface area (Å²) in [5, 5.41) is 4.04. The van der Waals surface area contributed by atoms with Crippen molar-refractivity contribution in [3.8, 4) is 0 Å². The van der Waals surface area contributed by atoms with Crippen LogP contribution in [-0.2, 0) is 20.9 Å². The minimum atomic E-state index is -0.692. The maximum absolute atomic E-state index is 11.3. The van der Waals surface area contributed by atoms with Gasteiger partial charge in [-0.15, -0.1) is 5.10 Å². The normalized spacial score (nSPS) is 10.5. The Morgan fingerprint density at radius 1 is 1.42 bits per heavy atom. The minimum Gasteiger partial charge on any atom is -0.463 e. The highest BCUT2D eigenvalue weighted by Crippen LogP contribution is 2.13. The quantitative estimate of drug-likeness (QED) is 0.602. The number of esters is 2. The smallest absolute Gasteiger partial charge is 0.378 e. The molecule has 2 heterocycles. The Morgan fingerprint density at radius 2 is 2.16 bits per heavy atom. The number of carbonyl (C=O) groups excluding carboxylic acids is 2. The average molecular weight is 285 g/mol. The van der Waals surface area contributed by atoms with Crippen LogP contribution in [0.5, 0.6) is 0 Å². The molecule has 0 bridgehead atoms. The highest BCUT2D eigenvalue weighted by Gasteiger charge is 2.16. The summed E-state index contributed by atoms with van der Waals surface area (Å²) in [7, 11) is 1.22. The zero-order chi connectivity index (χ0) is 14.0. The van der Waals surface area contributed by atoms with Gasteiger partial charge in [0.05, 0.1) is 12.8 Å². The Bertz CT molecular complexity index is 654. The Balaban J connectivity index is 2.39. The second-order valence-electron chi connectivity index (χ2n) is 3.49. The molecule has 0 atom stereocenters. The Kier molecular flexibility index (Phi) is 3.61. The number of hydrogen-bond donors (Lipinski definition) is 0. The molecule has 100 valence electrons. The Labute approximate surface area is 112 Å². The third-order valence-electron chi connectivity index (χ3n) is 2.11. The highest BCUT2D eigenvalue weighted by atomic mass is 35.5. The predicted molar refractivity (Wildman–Crippen MR) is 62.6 cm³/mol. The minimum absolute atomic E-state index is 0.0357. The number of hydrogen-bond acceptors (Lipinski definition) is 7. The first-order valence-electron chi connectivity index (χ1n) is 5.15. The second kappa shape index (κ2) is 5.19. The summed E-state index contributed by atoms with van der Waals surface area (Å²) in [5.74, 6) is -1.16. The molecule has 0 unspecified atom stereocenters. The summed E-state index contributed by atoms with van der Waals surface area (Å²) >= 11 is 5.97. The molecule has 2 aromatic rings. The standard InChI is InChI=1S/C10H9ClN4O4/c1-5(16)19-4-6-3-7(11)15-10(12-6)13-8(14-15)9(17)18-2/h3H,4H2,1-2H3. The van der Waals surface area contributed by atoms with Gasteiger partial charge in [0, 0.05) is 13.0 Å². The van der Waals surface area contributed by atoms with Crippen LogP contribution in [0, 0.1) is 0 Å². The van der Waals surface area contributed by atoms with Gasteiger partial charge in [-0.1, -0.05) is 11.6 Å². The molecule has 0 amide bonds. The number of fused-ring (bicyclic) bond motifs is 1. The van der Waals surface area contributed by atoms with Crippen molar-refractivity contribution in [3.63, 3.8) is 0 Å². The molecule has 2 aromatic heterocycles. The van der Waals surface area contributed by atoms with Gasteiger partial charge in [-0.05, 0) is 0 Å². The lowest BCUT2D eigenvalue weighted by Crippen LogP contribution is -2.04. The molecule has 0 spiro atoms. The van der Waals surface area contributed by atoms with E-state index in [4.69, 9.17) is 16.3 Å². The van der Waals surface area contributed by atoms with Gasteiger partial charge in [-0.25, -0.2) is 9.78 Å². The zero-order valence-corrected chi connectivity index (χ0v) is 10.8. The fraction of sp³-hybridized carbons (Fsp3) is 0.300. The third-order valence-corrected chi connectivity index (χ3v) is 2.38. The lowest BCUT2D eigenvalue weighted by atomic mass is 10.4. The van der Waals surface area contributed by atoms with Crippen molar-refractivity contribution in [1.29, 1.82) is 0 Å². The van der Waals surface area contributed by atoms with Crippen LogP contribution in [0.2, 0.25) is 5.15 Å². The van der Waals surface area contributed by atoms with E-state index in [1.54, 1.807) is 0 Å². The van der Waals surface area contributed by atoms with E-state index in [1.807, 2.05) is 0 Å². The van der Waals surface area contributed by atoms with Crippen LogP contribution in [0.4, 0.5) is 0 Å². The summed E-state index contributed by atoms with van der Waals surface area (Å²) in [5.41, 5.74) is 0.400. The maximum atomic E-state index is 11.3. The molecular weight excluding hydrogens is 276 g/mol. The summed E-state index contributed by atoms with van der Waals surface area (Å²) in [6, 6.07) is 1.47. The van der Waals surface area contributed by atoms with Crippen LogP contribution in [0.3, 0.4) is 0 Å². The number of ether oxygens (including phenoxy) is 2. The number of nitrogens with zero attached hydrogens (tertiary/aromatic N) is 4. The second-order valence-corrected chi connectivity index (χ2v) is 3.88. The number of methoxy groups -OCH3 is 1. The molecule has 2 rings (SSSR count). The van der Waals surface area contributed by atoms with Crippen LogP contribution < -0.4 is 0 Å². The van der Waals surface area contributed by atoms with Crippen LogP contribution in [-0.4, -0.2) is 38.6 Å². The van der Waals surface area contributed by atoms with Gasteiger partial charge in [0.15, 0.2) is 0 Å². The SMILES string of the molecule is COC(=O)c1nc2nc(COC(C)=O)cc(Cl)n2n1. The zero-order valence-electron chi connectivity index (χ0n) is 10.1. The van der Waals surface area contributed by atoms with E-state index in [2.05, 4.69) is 19.8 Å². The van der Waals surface area contributed by atoms with Crippen LogP contribution in [0.25, 0.3) is 5.78 Å². The summed E-state index contributed by atoms with van der Waals surface area (Å²) in [6.07, 6.45) is 0. The number of carbonyl (C=O) groups is 2. The molecule has 8 nitrogen and oxygen atoms in total. The Hall–Kier alpha value is -2.22. The third kappa shape index (κ3) is 2.79. The van der Waals surface area contributed by atoms with E-state index in [-0.39, 0.29) is 23.4 Å². The first-order chi connectivity index (χ1) is 9.01. The molecule has 0 fully saturated rings. The predicted octanol–water partition coefficient (Wildman–Crippen LogP) is 0.627. The fourth-order valence-corrected chi connectivity index (χ4v) is 1.55. The molecule has 0 radical (unpaired) electrons. The van der Waals surface area contributed by atoms with Gasteiger partial charge < -0.3 is 9.47 Å². The van der Waals surface area contributed by atoms with E-state index in [0.717, 1.165) is 0 Å². The number of rotatable bonds is 3. The van der Waals surface area contributed by atoms with Crippen LogP contribution in [0.15, 0.2) is 6.07 Å². The monoisotopic (exact) mass is 284 g/mol. The molecule has 9 heteroatoms. The van der Waals surface area contributed by atoms with Crippen LogP contribution in [0.1, 0.15) is 23.2 Å². The largest absolute Gasteiger partial charge is 0.463 e. The lowest BCUT2D eigenvalue weighted by molar-refractivity contribution is -0.142. The fourth-order valence-electron chi connectivity index (χ4n) is 1.31. The lowest BCUT2D eigenvalue weighted by Gasteiger charge is -2.02. The van der Waals surface area contributed by atoms with Gasteiger partial charge >= 0.3 is 11.9 Å². The van der Waals surface area contributed by atoms with Gasteiger partial charge in [-0.3, -0.25) is 4.79 Å².